The molecule has 0 bridgehead atoms. The minimum Gasteiger partial charge on any atom is -0.385 e. The van der Waals surface area contributed by atoms with Crippen molar-refractivity contribution >= 4 is 0 Å². The van der Waals surface area contributed by atoms with Crippen LogP contribution in [0.1, 0.15) is 90.4 Å². The molecule has 0 unspecified atom stereocenters. The second kappa shape index (κ2) is 13.4. The fourth-order valence-corrected chi connectivity index (χ4v) is 3.64. The van der Waals surface area contributed by atoms with Crippen molar-refractivity contribution in [3.8, 4) is 0 Å². The first kappa shape index (κ1) is 18.7. The number of allylic oxidation sites excluding steroid dienone is 2. The summed E-state index contributed by atoms with van der Waals surface area (Å²) < 4.78 is 5.09. The fourth-order valence-electron chi connectivity index (χ4n) is 3.64. The predicted molar refractivity (Wildman–Crippen MR) is 93.7 cm³/mol. The predicted octanol–water partition coefficient (Wildman–Crippen LogP) is 6.53. The van der Waals surface area contributed by atoms with Crippen LogP contribution in [0.2, 0.25) is 0 Å². The van der Waals surface area contributed by atoms with Gasteiger partial charge in [-0.2, -0.15) is 0 Å². The van der Waals surface area contributed by atoms with E-state index in [0.29, 0.717) is 0 Å². The molecule has 1 fully saturated rings. The van der Waals surface area contributed by atoms with E-state index in [1.165, 1.54) is 83.5 Å². The number of methoxy groups -OCH3 is 1. The van der Waals surface area contributed by atoms with Gasteiger partial charge in [0.1, 0.15) is 0 Å². The quantitative estimate of drug-likeness (QED) is 0.277. The van der Waals surface area contributed by atoms with E-state index in [1.54, 1.807) is 7.11 Å². The van der Waals surface area contributed by atoms with E-state index in [9.17, 15) is 0 Å². The highest BCUT2D eigenvalue weighted by atomic mass is 16.5. The Morgan fingerprint density at radius 3 is 2.57 bits per heavy atom. The normalized spacial score (nSPS) is 22.4. The summed E-state index contributed by atoms with van der Waals surface area (Å²) in [4.78, 5) is 0. The van der Waals surface area contributed by atoms with Crippen LogP contribution in [0.25, 0.3) is 0 Å². The Morgan fingerprint density at radius 1 is 0.952 bits per heavy atom. The third-order valence-corrected chi connectivity index (χ3v) is 5.00. The number of rotatable bonds is 13. The van der Waals surface area contributed by atoms with Crippen molar-refractivity contribution in [1.82, 2.24) is 0 Å². The Hall–Kier alpha value is -0.300. The molecule has 21 heavy (non-hydrogen) atoms. The molecule has 0 aliphatic heterocycles. The summed E-state index contributed by atoms with van der Waals surface area (Å²) in [5.74, 6) is 1.88. The lowest BCUT2D eigenvalue weighted by Gasteiger charge is -2.16. The highest BCUT2D eigenvalue weighted by Crippen LogP contribution is 2.36. The Labute approximate surface area is 133 Å². The van der Waals surface area contributed by atoms with Gasteiger partial charge in [-0.1, -0.05) is 64.0 Å². The van der Waals surface area contributed by atoms with Crippen molar-refractivity contribution in [2.24, 2.45) is 11.8 Å². The molecule has 0 saturated heterocycles. The molecule has 0 amide bonds. The summed E-state index contributed by atoms with van der Waals surface area (Å²) in [5.41, 5.74) is 0. The summed E-state index contributed by atoms with van der Waals surface area (Å²) in [7, 11) is 1.79. The van der Waals surface area contributed by atoms with Crippen LogP contribution < -0.4 is 0 Å². The Morgan fingerprint density at radius 2 is 1.76 bits per heavy atom. The largest absolute Gasteiger partial charge is 0.385 e. The monoisotopic (exact) mass is 294 g/mol. The molecule has 0 aromatic carbocycles. The van der Waals surface area contributed by atoms with Gasteiger partial charge in [-0.25, -0.2) is 0 Å². The lowest BCUT2D eigenvalue weighted by molar-refractivity contribution is 0.193. The summed E-state index contributed by atoms with van der Waals surface area (Å²) in [6.45, 7) is 3.21. The average Bonchev–Trinajstić information content (AvgIpc) is 2.94. The molecule has 0 heterocycles. The van der Waals surface area contributed by atoms with Crippen molar-refractivity contribution in [3.05, 3.63) is 12.2 Å². The third kappa shape index (κ3) is 9.34. The topological polar surface area (TPSA) is 9.23 Å². The molecular weight excluding hydrogens is 256 g/mol. The van der Waals surface area contributed by atoms with Crippen molar-refractivity contribution in [2.75, 3.05) is 13.7 Å². The smallest absolute Gasteiger partial charge is 0.0462 e. The third-order valence-electron chi connectivity index (χ3n) is 5.00. The van der Waals surface area contributed by atoms with E-state index >= 15 is 0 Å². The zero-order valence-corrected chi connectivity index (χ0v) is 14.6. The van der Waals surface area contributed by atoms with Crippen LogP contribution in [0.4, 0.5) is 0 Å². The van der Waals surface area contributed by atoms with Gasteiger partial charge in [0, 0.05) is 13.7 Å². The average molecular weight is 295 g/mol. The van der Waals surface area contributed by atoms with Crippen LogP contribution in [0, 0.1) is 11.8 Å². The van der Waals surface area contributed by atoms with Crippen molar-refractivity contribution in [2.45, 2.75) is 90.4 Å². The standard InChI is InChI=1S/C20H38O/c1-3-4-5-6-7-10-14-19-16-13-17-20(19)15-11-8-9-12-18-21-2/h11,15,19-20H,3-10,12-14,16-18H2,1-2H3/t19-,20-/m0/s1. The highest BCUT2D eigenvalue weighted by Gasteiger charge is 2.24. The first-order valence-corrected chi connectivity index (χ1v) is 9.54. The molecule has 0 N–H and O–H groups in total. The second-order valence-corrected chi connectivity index (χ2v) is 6.83. The summed E-state index contributed by atoms with van der Waals surface area (Å²) in [6.07, 6.45) is 23.2. The maximum atomic E-state index is 5.09. The highest BCUT2D eigenvalue weighted by molar-refractivity contribution is 4.94. The second-order valence-electron chi connectivity index (χ2n) is 6.83. The van der Waals surface area contributed by atoms with Gasteiger partial charge in [0.2, 0.25) is 0 Å². The SMILES string of the molecule is CCCCCCCC[C@H]1CCC[C@@H]1C=CCCCCOC. The van der Waals surface area contributed by atoms with Crippen LogP contribution in [-0.4, -0.2) is 13.7 Å². The van der Waals surface area contributed by atoms with Crippen LogP contribution >= 0.6 is 0 Å². The molecule has 1 aliphatic rings. The minimum absolute atomic E-state index is 0.892. The molecule has 0 aromatic rings. The Balaban J connectivity index is 2.06. The number of ether oxygens (including phenoxy) is 1. The molecule has 0 radical (unpaired) electrons. The maximum absolute atomic E-state index is 5.09. The lowest BCUT2D eigenvalue weighted by atomic mass is 9.90. The van der Waals surface area contributed by atoms with Crippen LogP contribution in [0.3, 0.4) is 0 Å². The van der Waals surface area contributed by atoms with Gasteiger partial charge in [0.05, 0.1) is 0 Å². The van der Waals surface area contributed by atoms with Gasteiger partial charge in [-0.3, -0.25) is 0 Å². The van der Waals surface area contributed by atoms with Gasteiger partial charge >= 0.3 is 0 Å². The van der Waals surface area contributed by atoms with Crippen LogP contribution in [0.15, 0.2) is 12.2 Å². The Kier molecular flexibility index (Phi) is 11.9. The van der Waals surface area contributed by atoms with Gasteiger partial charge in [0.15, 0.2) is 0 Å². The number of hydrogen-bond donors (Lipinski definition) is 0. The van der Waals surface area contributed by atoms with E-state index in [4.69, 9.17) is 4.74 Å². The summed E-state index contributed by atoms with van der Waals surface area (Å²) in [5, 5.41) is 0. The summed E-state index contributed by atoms with van der Waals surface area (Å²) >= 11 is 0. The molecule has 2 atom stereocenters. The fraction of sp³-hybridized carbons (Fsp3) is 0.900. The van der Waals surface area contributed by atoms with E-state index in [-0.39, 0.29) is 0 Å². The van der Waals surface area contributed by atoms with E-state index < -0.39 is 0 Å². The molecule has 1 saturated carbocycles. The van der Waals surface area contributed by atoms with Crippen LogP contribution in [-0.2, 0) is 4.74 Å². The lowest BCUT2D eigenvalue weighted by Crippen LogP contribution is -2.05. The molecule has 0 spiro atoms. The van der Waals surface area contributed by atoms with Crippen molar-refractivity contribution in [3.63, 3.8) is 0 Å². The van der Waals surface area contributed by atoms with Crippen LogP contribution in [0.5, 0.6) is 0 Å². The molecule has 1 aliphatic carbocycles. The number of hydrogen-bond acceptors (Lipinski definition) is 1. The summed E-state index contributed by atoms with van der Waals surface area (Å²) in [6, 6.07) is 0. The molecule has 1 nitrogen and oxygen atoms in total. The molecule has 0 aromatic heterocycles. The molecule has 124 valence electrons. The van der Waals surface area contributed by atoms with E-state index in [2.05, 4.69) is 19.1 Å². The molecule has 1 heteroatoms. The first-order chi connectivity index (χ1) is 10.4. The van der Waals surface area contributed by atoms with Gasteiger partial charge < -0.3 is 4.74 Å². The zero-order valence-electron chi connectivity index (χ0n) is 14.6. The minimum atomic E-state index is 0.892. The first-order valence-electron chi connectivity index (χ1n) is 9.54. The number of unbranched alkanes of at least 4 members (excludes halogenated alkanes) is 7. The molecule has 1 rings (SSSR count). The van der Waals surface area contributed by atoms with Gasteiger partial charge in [0.25, 0.3) is 0 Å². The van der Waals surface area contributed by atoms with E-state index in [0.717, 1.165) is 18.4 Å². The van der Waals surface area contributed by atoms with Crippen molar-refractivity contribution in [1.29, 1.82) is 0 Å². The molecular formula is C20H38O. The van der Waals surface area contributed by atoms with Crippen molar-refractivity contribution < 1.29 is 4.74 Å². The zero-order chi connectivity index (χ0) is 15.2. The van der Waals surface area contributed by atoms with Gasteiger partial charge in [-0.05, 0) is 50.4 Å². The Bertz CT molecular complexity index is 246. The van der Waals surface area contributed by atoms with E-state index in [1.807, 2.05) is 0 Å². The maximum Gasteiger partial charge on any atom is 0.0462 e. The van der Waals surface area contributed by atoms with Gasteiger partial charge in [-0.15, -0.1) is 0 Å².